The monoisotopic (exact) mass is 264 g/mol. The number of anilines is 2. The number of rotatable bonds is 2. The predicted octanol–water partition coefficient (Wildman–Crippen LogP) is 2.25. The Balaban J connectivity index is 1.96. The van der Waals surface area contributed by atoms with Crippen LogP contribution < -0.4 is 11.1 Å². The molecule has 3 rings (SSSR count). The second-order valence-electron chi connectivity index (χ2n) is 4.87. The molecule has 1 saturated heterocycles. The van der Waals surface area contributed by atoms with Crippen molar-refractivity contribution in [3.63, 3.8) is 0 Å². The number of nitrogen functional groups attached to an aromatic ring is 1. The summed E-state index contributed by atoms with van der Waals surface area (Å²) < 4.78 is 5.40. The van der Waals surface area contributed by atoms with Gasteiger partial charge in [0.05, 0.1) is 5.39 Å². The number of hydrogen-bond acceptors (Lipinski definition) is 6. The highest BCUT2D eigenvalue weighted by Gasteiger charge is 2.28. The van der Waals surface area contributed by atoms with Crippen LogP contribution in [0.25, 0.3) is 10.2 Å². The minimum atomic E-state index is 0.0217. The maximum absolute atomic E-state index is 5.75. The van der Waals surface area contributed by atoms with Crippen LogP contribution in [-0.4, -0.2) is 28.7 Å². The molecule has 0 aliphatic carbocycles. The van der Waals surface area contributed by atoms with Crippen molar-refractivity contribution in [2.24, 2.45) is 0 Å². The van der Waals surface area contributed by atoms with E-state index in [1.54, 1.807) is 11.3 Å². The summed E-state index contributed by atoms with van der Waals surface area (Å²) in [5.41, 5.74) is 5.77. The molecule has 1 fully saturated rings. The summed E-state index contributed by atoms with van der Waals surface area (Å²) in [6.07, 6.45) is 1.95. The van der Waals surface area contributed by atoms with Gasteiger partial charge in [0.2, 0.25) is 5.95 Å². The molecule has 1 aliphatic rings. The molecular formula is C12H16N4OS. The zero-order valence-corrected chi connectivity index (χ0v) is 11.1. The normalized spacial score (nSPS) is 18.9. The Kier molecular flexibility index (Phi) is 2.83. The van der Waals surface area contributed by atoms with E-state index in [0.29, 0.717) is 5.95 Å². The van der Waals surface area contributed by atoms with E-state index in [-0.39, 0.29) is 5.54 Å². The Bertz CT molecular complexity index is 562. The van der Waals surface area contributed by atoms with E-state index in [9.17, 15) is 0 Å². The summed E-state index contributed by atoms with van der Waals surface area (Å²) in [5, 5.41) is 6.58. The minimum Gasteiger partial charge on any atom is -0.381 e. The number of thiophene rings is 1. The zero-order chi connectivity index (χ0) is 12.6. The molecule has 0 radical (unpaired) electrons. The molecule has 96 valence electrons. The van der Waals surface area contributed by atoms with Crippen LogP contribution in [0.4, 0.5) is 11.8 Å². The van der Waals surface area contributed by atoms with Crippen LogP contribution in [0, 0.1) is 0 Å². The van der Waals surface area contributed by atoms with Gasteiger partial charge in [0, 0.05) is 18.8 Å². The van der Waals surface area contributed by atoms with E-state index in [1.165, 1.54) is 0 Å². The Hall–Kier alpha value is -1.40. The fraction of sp³-hybridized carbons (Fsp3) is 0.500. The Morgan fingerprint density at radius 1 is 1.39 bits per heavy atom. The van der Waals surface area contributed by atoms with Crippen molar-refractivity contribution in [1.29, 1.82) is 0 Å². The first-order valence-electron chi connectivity index (χ1n) is 6.03. The lowest BCUT2D eigenvalue weighted by atomic mass is 9.92. The highest BCUT2D eigenvalue weighted by molar-refractivity contribution is 7.16. The molecular weight excluding hydrogens is 248 g/mol. The van der Waals surface area contributed by atoms with Crippen LogP contribution in [0.3, 0.4) is 0 Å². The SMILES string of the molecule is CC1(Nc2nc(N)nc3sccc23)CCOCC1. The fourth-order valence-corrected chi connectivity index (χ4v) is 2.97. The van der Waals surface area contributed by atoms with Crippen LogP contribution in [0.2, 0.25) is 0 Å². The van der Waals surface area contributed by atoms with Crippen molar-refractivity contribution in [2.75, 3.05) is 24.3 Å². The summed E-state index contributed by atoms with van der Waals surface area (Å²) >= 11 is 1.58. The average molecular weight is 264 g/mol. The molecule has 0 bridgehead atoms. The molecule has 0 spiro atoms. The molecule has 0 aromatic carbocycles. The molecule has 0 atom stereocenters. The lowest BCUT2D eigenvalue weighted by Gasteiger charge is -2.35. The van der Waals surface area contributed by atoms with E-state index >= 15 is 0 Å². The molecule has 0 unspecified atom stereocenters. The van der Waals surface area contributed by atoms with Gasteiger partial charge in [-0.1, -0.05) is 0 Å². The molecule has 2 aromatic rings. The molecule has 0 amide bonds. The lowest BCUT2D eigenvalue weighted by molar-refractivity contribution is 0.0657. The summed E-state index contributed by atoms with van der Waals surface area (Å²) in [6, 6.07) is 2.03. The van der Waals surface area contributed by atoms with Gasteiger partial charge < -0.3 is 15.8 Å². The second-order valence-corrected chi connectivity index (χ2v) is 5.76. The van der Waals surface area contributed by atoms with Crippen LogP contribution in [0.1, 0.15) is 19.8 Å². The Morgan fingerprint density at radius 3 is 2.94 bits per heavy atom. The number of nitrogens with two attached hydrogens (primary N) is 1. The summed E-state index contributed by atoms with van der Waals surface area (Å²) in [5.74, 6) is 1.16. The molecule has 6 heteroatoms. The van der Waals surface area contributed by atoms with Gasteiger partial charge in [0.15, 0.2) is 0 Å². The Morgan fingerprint density at radius 2 is 2.17 bits per heavy atom. The highest BCUT2D eigenvalue weighted by atomic mass is 32.1. The summed E-state index contributed by atoms with van der Waals surface area (Å²) in [4.78, 5) is 9.50. The van der Waals surface area contributed by atoms with Crippen LogP contribution in [0.5, 0.6) is 0 Å². The third kappa shape index (κ3) is 2.13. The number of nitrogens with one attached hydrogen (secondary N) is 1. The van der Waals surface area contributed by atoms with Gasteiger partial charge >= 0.3 is 0 Å². The average Bonchev–Trinajstić information content (AvgIpc) is 2.77. The van der Waals surface area contributed by atoms with Crippen molar-refractivity contribution in [2.45, 2.75) is 25.3 Å². The smallest absolute Gasteiger partial charge is 0.223 e. The van der Waals surface area contributed by atoms with Gasteiger partial charge in [-0.2, -0.15) is 4.98 Å². The van der Waals surface area contributed by atoms with Gasteiger partial charge in [-0.05, 0) is 31.2 Å². The molecule has 0 saturated carbocycles. The maximum Gasteiger partial charge on any atom is 0.223 e. The Labute approximate surface area is 109 Å². The predicted molar refractivity (Wildman–Crippen MR) is 73.9 cm³/mol. The van der Waals surface area contributed by atoms with Crippen molar-refractivity contribution in [1.82, 2.24) is 9.97 Å². The molecule has 18 heavy (non-hydrogen) atoms. The number of ether oxygens (including phenoxy) is 1. The van der Waals surface area contributed by atoms with E-state index in [1.807, 2.05) is 11.4 Å². The van der Waals surface area contributed by atoms with E-state index < -0.39 is 0 Å². The first kappa shape index (κ1) is 11.7. The zero-order valence-electron chi connectivity index (χ0n) is 10.3. The van der Waals surface area contributed by atoms with Gasteiger partial charge in [-0.15, -0.1) is 11.3 Å². The van der Waals surface area contributed by atoms with Gasteiger partial charge in [0.1, 0.15) is 10.6 Å². The first-order valence-corrected chi connectivity index (χ1v) is 6.91. The number of aromatic nitrogens is 2. The lowest BCUT2D eigenvalue weighted by Crippen LogP contribution is -2.41. The van der Waals surface area contributed by atoms with Crippen molar-refractivity contribution >= 4 is 33.3 Å². The summed E-state index contributed by atoms with van der Waals surface area (Å²) in [6.45, 7) is 3.78. The third-order valence-electron chi connectivity index (χ3n) is 3.36. The van der Waals surface area contributed by atoms with Crippen LogP contribution in [0.15, 0.2) is 11.4 Å². The van der Waals surface area contributed by atoms with Crippen LogP contribution in [-0.2, 0) is 4.74 Å². The maximum atomic E-state index is 5.75. The van der Waals surface area contributed by atoms with Crippen LogP contribution >= 0.6 is 11.3 Å². The molecule has 2 aromatic heterocycles. The quantitative estimate of drug-likeness (QED) is 0.870. The van der Waals surface area contributed by atoms with E-state index in [2.05, 4.69) is 22.2 Å². The molecule has 3 N–H and O–H groups in total. The molecule has 3 heterocycles. The molecule has 5 nitrogen and oxygen atoms in total. The number of nitrogens with zero attached hydrogens (tertiary/aromatic N) is 2. The van der Waals surface area contributed by atoms with Crippen molar-refractivity contribution in [3.05, 3.63) is 11.4 Å². The minimum absolute atomic E-state index is 0.0217. The summed E-state index contributed by atoms with van der Waals surface area (Å²) in [7, 11) is 0. The number of fused-ring (bicyclic) bond motifs is 1. The topological polar surface area (TPSA) is 73.1 Å². The van der Waals surface area contributed by atoms with E-state index in [0.717, 1.165) is 42.1 Å². The highest BCUT2D eigenvalue weighted by Crippen LogP contribution is 2.30. The van der Waals surface area contributed by atoms with Crippen molar-refractivity contribution in [3.8, 4) is 0 Å². The third-order valence-corrected chi connectivity index (χ3v) is 4.17. The van der Waals surface area contributed by atoms with Gasteiger partial charge in [-0.3, -0.25) is 0 Å². The van der Waals surface area contributed by atoms with Gasteiger partial charge in [0.25, 0.3) is 0 Å². The van der Waals surface area contributed by atoms with Crippen molar-refractivity contribution < 1.29 is 4.74 Å². The molecule has 1 aliphatic heterocycles. The first-order chi connectivity index (χ1) is 8.66. The van der Waals surface area contributed by atoms with E-state index in [4.69, 9.17) is 10.5 Å². The standard InChI is InChI=1S/C12H16N4OS/c1-12(3-5-17-6-4-12)16-9-8-2-7-18-10(8)15-11(13)14-9/h2,7H,3-6H2,1H3,(H3,13,14,15,16). The van der Waals surface area contributed by atoms with Gasteiger partial charge in [-0.25, -0.2) is 4.98 Å². The second kappa shape index (κ2) is 4.37. The number of hydrogen-bond donors (Lipinski definition) is 2. The fourth-order valence-electron chi connectivity index (χ4n) is 2.20. The largest absolute Gasteiger partial charge is 0.381 e.